The summed E-state index contributed by atoms with van der Waals surface area (Å²) >= 11 is 0. The van der Waals surface area contributed by atoms with Crippen LogP contribution in [0.4, 0.5) is 0 Å². The zero-order valence-electron chi connectivity index (χ0n) is 15.2. The van der Waals surface area contributed by atoms with Crippen molar-refractivity contribution in [2.45, 2.75) is 38.0 Å². The summed E-state index contributed by atoms with van der Waals surface area (Å²) in [5, 5.41) is 22.4. The van der Waals surface area contributed by atoms with E-state index in [2.05, 4.69) is 37.5 Å². The summed E-state index contributed by atoms with van der Waals surface area (Å²) in [4.78, 5) is 6.89. The lowest BCUT2D eigenvalue weighted by atomic mass is 10.0. The molecule has 0 bridgehead atoms. The number of rotatable bonds is 6. The topological polar surface area (TPSA) is 80.0 Å². The summed E-state index contributed by atoms with van der Waals surface area (Å²) in [5.41, 5.74) is 2.19. The van der Waals surface area contributed by atoms with Gasteiger partial charge in [-0.2, -0.15) is 0 Å². The Morgan fingerprint density at radius 3 is 2.56 bits per heavy atom. The van der Waals surface area contributed by atoms with E-state index in [4.69, 9.17) is 0 Å². The molecule has 1 N–H and O–H groups in total. The largest absolute Gasteiger partial charge is 0.393 e. The molecule has 0 spiro atoms. The molecule has 1 unspecified atom stereocenters. The van der Waals surface area contributed by atoms with Gasteiger partial charge < -0.3 is 5.11 Å². The zero-order valence-corrected chi connectivity index (χ0v) is 15.2. The molecule has 1 atom stereocenters. The van der Waals surface area contributed by atoms with Gasteiger partial charge in [-0.1, -0.05) is 36.4 Å². The minimum atomic E-state index is -0.222. The second-order valence-electron chi connectivity index (χ2n) is 6.92. The molecule has 0 aliphatic carbocycles. The Morgan fingerprint density at radius 2 is 1.81 bits per heavy atom. The molecule has 1 fully saturated rings. The van der Waals surface area contributed by atoms with Crippen LogP contribution in [0.3, 0.4) is 0 Å². The molecule has 27 heavy (non-hydrogen) atoms. The van der Waals surface area contributed by atoms with E-state index in [-0.39, 0.29) is 12.1 Å². The molecule has 1 aliphatic heterocycles. The Morgan fingerprint density at radius 1 is 1.04 bits per heavy atom. The van der Waals surface area contributed by atoms with Crippen molar-refractivity contribution in [1.82, 2.24) is 30.1 Å². The minimum Gasteiger partial charge on any atom is -0.393 e. The highest BCUT2D eigenvalue weighted by atomic mass is 16.3. The van der Waals surface area contributed by atoms with Crippen molar-refractivity contribution in [3.05, 3.63) is 71.8 Å². The molecule has 2 aromatic heterocycles. The summed E-state index contributed by atoms with van der Waals surface area (Å²) in [6.07, 6.45) is 3.97. The van der Waals surface area contributed by atoms with Crippen LogP contribution in [0.1, 0.15) is 36.0 Å². The number of aryl methyl sites for hydroxylation is 2. The van der Waals surface area contributed by atoms with Gasteiger partial charge in [0.15, 0.2) is 5.82 Å². The van der Waals surface area contributed by atoms with Gasteiger partial charge in [0.1, 0.15) is 6.04 Å². The number of nitrogens with zero attached hydrogens (tertiary/aromatic N) is 6. The second-order valence-corrected chi connectivity index (χ2v) is 6.92. The SMILES string of the molecule is OC1CCN(C(c2ccccn2)c2nnnn2CCc2ccccc2)CC1. The van der Waals surface area contributed by atoms with Crippen molar-refractivity contribution in [3.8, 4) is 0 Å². The number of pyridine rings is 1. The van der Waals surface area contributed by atoms with E-state index in [0.717, 1.165) is 43.9 Å². The third-order valence-electron chi connectivity index (χ3n) is 5.09. The Labute approximate surface area is 158 Å². The number of benzene rings is 1. The Bertz CT molecular complexity index is 830. The van der Waals surface area contributed by atoms with Crippen LogP contribution in [0, 0.1) is 0 Å². The van der Waals surface area contributed by atoms with Gasteiger partial charge in [-0.15, -0.1) is 5.10 Å². The van der Waals surface area contributed by atoms with Crippen LogP contribution in [0.2, 0.25) is 0 Å². The number of aliphatic hydroxyl groups is 1. The number of hydrogen-bond donors (Lipinski definition) is 1. The summed E-state index contributed by atoms with van der Waals surface area (Å²) < 4.78 is 1.89. The lowest BCUT2D eigenvalue weighted by Crippen LogP contribution is -2.40. The fourth-order valence-corrected chi connectivity index (χ4v) is 3.61. The van der Waals surface area contributed by atoms with Crippen molar-refractivity contribution in [2.24, 2.45) is 0 Å². The second kappa shape index (κ2) is 8.37. The molecule has 4 rings (SSSR count). The van der Waals surface area contributed by atoms with E-state index in [1.165, 1.54) is 5.56 Å². The minimum absolute atomic E-state index is 0.107. The van der Waals surface area contributed by atoms with Gasteiger partial charge in [-0.05, 0) is 47.4 Å². The van der Waals surface area contributed by atoms with Gasteiger partial charge in [0, 0.05) is 25.8 Å². The van der Waals surface area contributed by atoms with Crippen LogP contribution in [0.15, 0.2) is 54.7 Å². The third kappa shape index (κ3) is 4.20. The van der Waals surface area contributed by atoms with Gasteiger partial charge in [0.2, 0.25) is 0 Å². The van der Waals surface area contributed by atoms with E-state index < -0.39 is 0 Å². The predicted molar refractivity (Wildman–Crippen MR) is 101 cm³/mol. The Hall–Kier alpha value is -2.64. The lowest BCUT2D eigenvalue weighted by Gasteiger charge is -2.35. The molecule has 0 saturated carbocycles. The van der Waals surface area contributed by atoms with Crippen molar-refractivity contribution in [1.29, 1.82) is 0 Å². The molecular formula is C20H24N6O. The average Bonchev–Trinajstić information content (AvgIpc) is 3.18. The van der Waals surface area contributed by atoms with Gasteiger partial charge in [-0.3, -0.25) is 9.88 Å². The Kier molecular flexibility index (Phi) is 5.50. The maximum absolute atomic E-state index is 9.89. The molecule has 1 aliphatic rings. The summed E-state index contributed by atoms with van der Waals surface area (Å²) in [5.74, 6) is 0.807. The van der Waals surface area contributed by atoms with E-state index in [1.54, 1.807) is 6.20 Å². The molecule has 3 heterocycles. The summed E-state index contributed by atoms with van der Waals surface area (Å²) in [7, 11) is 0. The highest BCUT2D eigenvalue weighted by Gasteiger charge is 2.31. The molecule has 0 radical (unpaired) electrons. The molecule has 7 heteroatoms. The van der Waals surface area contributed by atoms with E-state index in [1.807, 2.05) is 41.1 Å². The maximum atomic E-state index is 9.89. The van der Waals surface area contributed by atoms with Crippen LogP contribution in [0.25, 0.3) is 0 Å². The maximum Gasteiger partial charge on any atom is 0.174 e. The quantitative estimate of drug-likeness (QED) is 0.719. The summed E-state index contributed by atoms with van der Waals surface area (Å²) in [6, 6.07) is 16.2. The highest BCUT2D eigenvalue weighted by molar-refractivity contribution is 5.18. The fourth-order valence-electron chi connectivity index (χ4n) is 3.61. The van der Waals surface area contributed by atoms with Crippen molar-refractivity contribution in [3.63, 3.8) is 0 Å². The number of likely N-dealkylation sites (tertiary alicyclic amines) is 1. The number of hydrogen-bond acceptors (Lipinski definition) is 6. The van der Waals surface area contributed by atoms with Crippen LogP contribution >= 0.6 is 0 Å². The van der Waals surface area contributed by atoms with Crippen LogP contribution < -0.4 is 0 Å². The molecule has 7 nitrogen and oxygen atoms in total. The first kappa shape index (κ1) is 17.8. The van der Waals surface area contributed by atoms with Crippen LogP contribution in [0.5, 0.6) is 0 Å². The number of aliphatic hydroxyl groups excluding tert-OH is 1. The normalized spacial score (nSPS) is 17.1. The first-order chi connectivity index (χ1) is 13.3. The molecule has 0 amide bonds. The highest BCUT2D eigenvalue weighted by Crippen LogP contribution is 2.28. The fraction of sp³-hybridized carbons (Fsp3) is 0.400. The van der Waals surface area contributed by atoms with E-state index >= 15 is 0 Å². The standard InChI is InChI=1S/C20H24N6O/c27-17-10-13-25(14-11-17)19(18-8-4-5-12-21-18)20-22-23-24-26(20)15-9-16-6-2-1-3-7-16/h1-8,12,17,19,27H,9-11,13-15H2. The number of tetrazole rings is 1. The third-order valence-corrected chi connectivity index (χ3v) is 5.09. The molecule has 1 aromatic carbocycles. The zero-order chi connectivity index (χ0) is 18.5. The average molecular weight is 364 g/mol. The van der Waals surface area contributed by atoms with E-state index in [9.17, 15) is 5.11 Å². The first-order valence-electron chi connectivity index (χ1n) is 9.44. The van der Waals surface area contributed by atoms with E-state index in [0.29, 0.717) is 6.54 Å². The van der Waals surface area contributed by atoms with Gasteiger partial charge in [0.05, 0.1) is 11.8 Å². The van der Waals surface area contributed by atoms with Crippen LogP contribution in [-0.4, -0.2) is 54.4 Å². The van der Waals surface area contributed by atoms with Crippen molar-refractivity contribution in [2.75, 3.05) is 13.1 Å². The molecular weight excluding hydrogens is 340 g/mol. The van der Waals surface area contributed by atoms with Gasteiger partial charge in [0.25, 0.3) is 0 Å². The smallest absolute Gasteiger partial charge is 0.174 e. The van der Waals surface area contributed by atoms with Crippen LogP contribution in [-0.2, 0) is 13.0 Å². The Balaban J connectivity index is 1.60. The number of aromatic nitrogens is 5. The lowest BCUT2D eigenvalue weighted by molar-refractivity contribution is 0.0652. The van der Waals surface area contributed by atoms with Crippen molar-refractivity contribution < 1.29 is 5.11 Å². The van der Waals surface area contributed by atoms with Gasteiger partial charge >= 0.3 is 0 Å². The first-order valence-corrected chi connectivity index (χ1v) is 9.44. The van der Waals surface area contributed by atoms with Crippen molar-refractivity contribution >= 4 is 0 Å². The molecule has 1 saturated heterocycles. The molecule has 3 aromatic rings. The molecule has 140 valence electrons. The summed E-state index contributed by atoms with van der Waals surface area (Å²) in [6.45, 7) is 2.31. The van der Waals surface area contributed by atoms with Gasteiger partial charge in [-0.25, -0.2) is 4.68 Å². The number of piperidine rings is 1. The monoisotopic (exact) mass is 364 g/mol. The predicted octanol–water partition coefficient (Wildman–Crippen LogP) is 1.86.